The smallest absolute Gasteiger partial charge is 0.191 e. The summed E-state index contributed by atoms with van der Waals surface area (Å²) in [7, 11) is 0. The first-order valence-electron chi connectivity index (χ1n) is 6.28. The lowest BCUT2D eigenvalue weighted by Gasteiger charge is -2.09. The van der Waals surface area contributed by atoms with E-state index in [1.165, 1.54) is 5.56 Å². The number of rotatable bonds is 4. The molecule has 0 bridgehead atoms. The Kier molecular flexibility index (Phi) is 4.23. The molecule has 0 aliphatic rings. The Morgan fingerprint density at radius 1 is 1.28 bits per heavy atom. The van der Waals surface area contributed by atoms with Crippen molar-refractivity contribution in [1.29, 1.82) is 0 Å². The minimum atomic E-state index is 0.605. The molecule has 0 spiro atoms. The zero-order chi connectivity index (χ0) is 13.1. The van der Waals surface area contributed by atoms with Crippen LogP contribution in [0.4, 0.5) is 0 Å². The van der Waals surface area contributed by atoms with Crippen LogP contribution in [0.3, 0.4) is 0 Å². The molecule has 2 aromatic rings. The summed E-state index contributed by atoms with van der Waals surface area (Å²) in [6, 6.07) is 8.63. The predicted octanol–water partition coefficient (Wildman–Crippen LogP) is 5.06. The van der Waals surface area contributed by atoms with Gasteiger partial charge < -0.3 is 4.42 Å². The lowest BCUT2D eigenvalue weighted by Crippen LogP contribution is -1.91. The standard InChI is InChI=1S/C15H18BrNO/c1-4-10(2)12-5-7-13(8-6-12)15-14(9-16)18-11(3)17-15/h5-8,10H,4,9H2,1-3H3. The van der Waals surface area contributed by atoms with Gasteiger partial charge in [0, 0.05) is 12.5 Å². The third-order valence-corrected chi connectivity index (χ3v) is 3.80. The summed E-state index contributed by atoms with van der Waals surface area (Å²) in [4.78, 5) is 4.45. The number of halogens is 1. The van der Waals surface area contributed by atoms with Crippen LogP contribution in [-0.2, 0) is 5.33 Å². The quantitative estimate of drug-likeness (QED) is 0.738. The topological polar surface area (TPSA) is 26.0 Å². The maximum atomic E-state index is 5.56. The molecule has 96 valence electrons. The Hall–Kier alpha value is -1.09. The highest BCUT2D eigenvalue weighted by atomic mass is 79.9. The Morgan fingerprint density at radius 3 is 2.50 bits per heavy atom. The number of hydrogen-bond acceptors (Lipinski definition) is 2. The van der Waals surface area contributed by atoms with E-state index in [0.29, 0.717) is 17.1 Å². The van der Waals surface area contributed by atoms with Crippen molar-refractivity contribution >= 4 is 15.9 Å². The molecule has 0 radical (unpaired) electrons. The lowest BCUT2D eigenvalue weighted by molar-refractivity contribution is 0.492. The van der Waals surface area contributed by atoms with Crippen LogP contribution in [0.15, 0.2) is 28.7 Å². The van der Waals surface area contributed by atoms with Gasteiger partial charge in [-0.3, -0.25) is 0 Å². The van der Waals surface area contributed by atoms with E-state index in [-0.39, 0.29) is 0 Å². The first-order valence-corrected chi connectivity index (χ1v) is 7.40. The van der Waals surface area contributed by atoms with E-state index in [4.69, 9.17) is 4.42 Å². The van der Waals surface area contributed by atoms with Gasteiger partial charge in [-0.1, -0.05) is 54.0 Å². The first kappa shape index (κ1) is 13.3. The van der Waals surface area contributed by atoms with Gasteiger partial charge in [0.05, 0.1) is 5.33 Å². The lowest BCUT2D eigenvalue weighted by atomic mass is 9.97. The molecule has 18 heavy (non-hydrogen) atoms. The molecule has 1 unspecified atom stereocenters. The highest BCUT2D eigenvalue weighted by Crippen LogP contribution is 2.27. The van der Waals surface area contributed by atoms with Crippen molar-refractivity contribution in [3.63, 3.8) is 0 Å². The number of aryl methyl sites for hydroxylation is 1. The van der Waals surface area contributed by atoms with Crippen molar-refractivity contribution in [2.24, 2.45) is 0 Å². The van der Waals surface area contributed by atoms with Crippen molar-refractivity contribution in [3.8, 4) is 11.3 Å². The number of alkyl halides is 1. The van der Waals surface area contributed by atoms with Gasteiger partial charge in [0.15, 0.2) is 5.89 Å². The average molecular weight is 308 g/mol. The predicted molar refractivity (Wildman–Crippen MR) is 78.0 cm³/mol. The van der Waals surface area contributed by atoms with Crippen molar-refractivity contribution in [3.05, 3.63) is 41.5 Å². The molecule has 0 aliphatic heterocycles. The zero-order valence-corrected chi connectivity index (χ0v) is 12.6. The van der Waals surface area contributed by atoms with Crippen LogP contribution in [0.2, 0.25) is 0 Å². The van der Waals surface area contributed by atoms with Crippen molar-refractivity contribution < 1.29 is 4.42 Å². The molecule has 1 aromatic carbocycles. The summed E-state index contributed by atoms with van der Waals surface area (Å²) in [6.45, 7) is 6.34. The third-order valence-electron chi connectivity index (χ3n) is 3.29. The molecule has 0 aliphatic carbocycles. The Morgan fingerprint density at radius 2 is 1.94 bits per heavy atom. The van der Waals surface area contributed by atoms with Crippen LogP contribution >= 0.6 is 15.9 Å². The molecular formula is C15H18BrNO. The summed E-state index contributed by atoms with van der Waals surface area (Å²) in [5.74, 6) is 2.21. The van der Waals surface area contributed by atoms with E-state index in [0.717, 1.165) is 23.4 Å². The van der Waals surface area contributed by atoms with Crippen LogP contribution in [0.1, 0.15) is 43.4 Å². The normalized spacial score (nSPS) is 12.7. The zero-order valence-electron chi connectivity index (χ0n) is 11.0. The van der Waals surface area contributed by atoms with Crippen LogP contribution in [-0.4, -0.2) is 4.98 Å². The monoisotopic (exact) mass is 307 g/mol. The molecule has 2 rings (SSSR count). The second kappa shape index (κ2) is 5.70. The van der Waals surface area contributed by atoms with Gasteiger partial charge in [-0.2, -0.15) is 0 Å². The molecule has 2 nitrogen and oxygen atoms in total. The number of benzene rings is 1. The van der Waals surface area contributed by atoms with Gasteiger partial charge in [0.1, 0.15) is 11.5 Å². The van der Waals surface area contributed by atoms with Crippen LogP contribution < -0.4 is 0 Å². The number of hydrogen-bond donors (Lipinski definition) is 0. The van der Waals surface area contributed by atoms with Gasteiger partial charge in [-0.05, 0) is 17.9 Å². The summed E-state index contributed by atoms with van der Waals surface area (Å²) >= 11 is 3.43. The Balaban J connectivity index is 2.34. The third kappa shape index (κ3) is 2.66. The number of oxazole rings is 1. The van der Waals surface area contributed by atoms with Gasteiger partial charge in [0.2, 0.25) is 0 Å². The summed E-state index contributed by atoms with van der Waals surface area (Å²) in [5.41, 5.74) is 3.44. The van der Waals surface area contributed by atoms with Crippen molar-refractivity contribution in [1.82, 2.24) is 4.98 Å². The van der Waals surface area contributed by atoms with Crippen LogP contribution in [0, 0.1) is 6.92 Å². The molecule has 1 atom stereocenters. The Bertz CT molecular complexity index is 516. The molecular weight excluding hydrogens is 290 g/mol. The van der Waals surface area contributed by atoms with E-state index in [2.05, 4.69) is 59.0 Å². The van der Waals surface area contributed by atoms with Gasteiger partial charge >= 0.3 is 0 Å². The van der Waals surface area contributed by atoms with Gasteiger partial charge in [-0.15, -0.1) is 0 Å². The number of nitrogens with zero attached hydrogens (tertiary/aromatic N) is 1. The molecule has 3 heteroatoms. The molecule has 0 N–H and O–H groups in total. The fourth-order valence-corrected chi connectivity index (χ4v) is 2.37. The SMILES string of the molecule is CCC(C)c1ccc(-c2nc(C)oc2CBr)cc1. The van der Waals surface area contributed by atoms with Crippen LogP contribution in [0.5, 0.6) is 0 Å². The summed E-state index contributed by atoms with van der Waals surface area (Å²) in [5, 5.41) is 0.691. The maximum Gasteiger partial charge on any atom is 0.191 e. The van der Waals surface area contributed by atoms with Gasteiger partial charge in [0.25, 0.3) is 0 Å². The van der Waals surface area contributed by atoms with E-state index in [1.807, 2.05) is 6.92 Å². The maximum absolute atomic E-state index is 5.56. The second-order valence-electron chi connectivity index (χ2n) is 4.57. The van der Waals surface area contributed by atoms with E-state index >= 15 is 0 Å². The van der Waals surface area contributed by atoms with E-state index in [9.17, 15) is 0 Å². The Labute approximate surface area is 117 Å². The fourth-order valence-electron chi connectivity index (χ4n) is 1.99. The number of aromatic nitrogens is 1. The first-order chi connectivity index (χ1) is 8.65. The van der Waals surface area contributed by atoms with Crippen molar-refractivity contribution in [2.45, 2.75) is 38.4 Å². The second-order valence-corrected chi connectivity index (χ2v) is 5.13. The average Bonchev–Trinajstić information content (AvgIpc) is 2.79. The molecule has 0 amide bonds. The molecule has 0 fully saturated rings. The van der Waals surface area contributed by atoms with Gasteiger partial charge in [-0.25, -0.2) is 4.98 Å². The summed E-state index contributed by atoms with van der Waals surface area (Å²) in [6.07, 6.45) is 1.16. The minimum Gasteiger partial charge on any atom is -0.444 e. The summed E-state index contributed by atoms with van der Waals surface area (Å²) < 4.78 is 5.56. The molecule has 1 heterocycles. The minimum absolute atomic E-state index is 0.605. The highest BCUT2D eigenvalue weighted by molar-refractivity contribution is 9.08. The highest BCUT2D eigenvalue weighted by Gasteiger charge is 2.12. The van der Waals surface area contributed by atoms with E-state index in [1.54, 1.807) is 0 Å². The largest absolute Gasteiger partial charge is 0.444 e. The molecule has 0 saturated heterocycles. The van der Waals surface area contributed by atoms with Crippen molar-refractivity contribution in [2.75, 3.05) is 0 Å². The van der Waals surface area contributed by atoms with E-state index < -0.39 is 0 Å². The van der Waals surface area contributed by atoms with Crippen LogP contribution in [0.25, 0.3) is 11.3 Å². The fraction of sp³-hybridized carbons (Fsp3) is 0.400. The molecule has 1 aromatic heterocycles. The molecule has 0 saturated carbocycles.